The van der Waals surface area contributed by atoms with Crippen molar-refractivity contribution in [3.8, 4) is 5.75 Å². The molecule has 4 nitrogen and oxygen atoms in total. The van der Waals surface area contributed by atoms with Crippen molar-refractivity contribution in [1.29, 1.82) is 0 Å². The predicted molar refractivity (Wildman–Crippen MR) is 97.3 cm³/mol. The second-order valence-corrected chi connectivity index (χ2v) is 6.05. The Labute approximate surface area is 145 Å². The second kappa shape index (κ2) is 11.3. The van der Waals surface area contributed by atoms with E-state index >= 15 is 0 Å². The summed E-state index contributed by atoms with van der Waals surface area (Å²) in [6.45, 7) is 0.736. The fraction of sp³-hybridized carbons (Fsp3) is 0.611. The van der Waals surface area contributed by atoms with Crippen LogP contribution >= 0.6 is 12.4 Å². The number of ether oxygens (including phenoxy) is 1. The van der Waals surface area contributed by atoms with Gasteiger partial charge >= 0.3 is 0 Å². The van der Waals surface area contributed by atoms with E-state index in [4.69, 9.17) is 10.5 Å². The zero-order valence-corrected chi connectivity index (χ0v) is 14.6. The molecule has 0 unspecified atom stereocenters. The van der Waals surface area contributed by atoms with Gasteiger partial charge < -0.3 is 15.8 Å². The first kappa shape index (κ1) is 19.8. The molecular formula is C18H29ClN2O2. The van der Waals surface area contributed by atoms with E-state index in [9.17, 15) is 4.79 Å². The molecule has 0 bridgehead atoms. The van der Waals surface area contributed by atoms with E-state index in [-0.39, 0.29) is 18.3 Å². The molecule has 23 heavy (non-hydrogen) atoms. The van der Waals surface area contributed by atoms with Crippen LogP contribution in [-0.2, 0) is 4.79 Å². The molecule has 1 saturated carbocycles. The Morgan fingerprint density at radius 3 is 2.65 bits per heavy atom. The lowest BCUT2D eigenvalue weighted by atomic mass is 10.1. The third-order valence-corrected chi connectivity index (χ3v) is 4.08. The highest BCUT2D eigenvalue weighted by Gasteiger charge is 2.16. The average molecular weight is 341 g/mol. The number of rotatable bonds is 9. The number of benzene rings is 1. The lowest BCUT2D eigenvalue weighted by Gasteiger charge is -2.14. The Kier molecular flexibility index (Phi) is 9.72. The Morgan fingerprint density at radius 2 is 1.91 bits per heavy atom. The van der Waals surface area contributed by atoms with Gasteiger partial charge in [0, 0.05) is 18.2 Å². The number of amides is 1. The first-order valence-corrected chi connectivity index (χ1v) is 8.54. The van der Waals surface area contributed by atoms with Crippen LogP contribution in [0.3, 0.4) is 0 Å². The van der Waals surface area contributed by atoms with Crippen molar-refractivity contribution in [2.45, 2.75) is 63.9 Å². The van der Waals surface area contributed by atoms with Crippen LogP contribution in [0, 0.1) is 0 Å². The minimum atomic E-state index is 0. The smallest absolute Gasteiger partial charge is 0.224 e. The first-order chi connectivity index (χ1) is 10.8. The Morgan fingerprint density at radius 1 is 1.17 bits per heavy atom. The van der Waals surface area contributed by atoms with Gasteiger partial charge in [-0.25, -0.2) is 0 Å². The molecule has 1 fully saturated rings. The number of carbonyl (C=O) groups is 1. The number of hydrogen-bond acceptors (Lipinski definition) is 3. The van der Waals surface area contributed by atoms with Crippen LogP contribution in [0.25, 0.3) is 0 Å². The van der Waals surface area contributed by atoms with Gasteiger partial charge in [-0.3, -0.25) is 4.79 Å². The van der Waals surface area contributed by atoms with Crippen LogP contribution in [0.5, 0.6) is 5.75 Å². The summed E-state index contributed by atoms with van der Waals surface area (Å²) in [5.41, 5.74) is 6.28. The average Bonchev–Trinajstić information content (AvgIpc) is 3.00. The molecule has 0 saturated heterocycles. The summed E-state index contributed by atoms with van der Waals surface area (Å²) in [6.07, 6.45) is 9.83. The molecule has 1 aromatic rings. The van der Waals surface area contributed by atoms with E-state index < -0.39 is 0 Å². The quantitative estimate of drug-likeness (QED) is 0.659. The molecule has 3 N–H and O–H groups in total. The molecule has 0 aliphatic heterocycles. The number of halogens is 1. The van der Waals surface area contributed by atoms with Crippen molar-refractivity contribution in [1.82, 2.24) is 0 Å². The van der Waals surface area contributed by atoms with Gasteiger partial charge in [0.15, 0.2) is 0 Å². The SMILES string of the molecule is Cl.NCCCCCCC(=O)Nc1cccc(OC2CCCC2)c1. The lowest BCUT2D eigenvalue weighted by molar-refractivity contribution is -0.116. The zero-order chi connectivity index (χ0) is 15.6. The Bertz CT molecular complexity index is 462. The maximum atomic E-state index is 11.9. The lowest BCUT2D eigenvalue weighted by Crippen LogP contribution is -2.13. The van der Waals surface area contributed by atoms with Gasteiger partial charge in [0.05, 0.1) is 6.10 Å². The van der Waals surface area contributed by atoms with Crippen LogP contribution in [0.2, 0.25) is 0 Å². The summed E-state index contributed by atoms with van der Waals surface area (Å²) in [4.78, 5) is 11.9. The van der Waals surface area contributed by atoms with E-state index in [0.29, 0.717) is 12.5 Å². The maximum absolute atomic E-state index is 11.9. The van der Waals surface area contributed by atoms with Crippen LogP contribution in [0.4, 0.5) is 5.69 Å². The number of nitrogens with one attached hydrogen (secondary N) is 1. The highest BCUT2D eigenvalue weighted by Crippen LogP contribution is 2.25. The van der Waals surface area contributed by atoms with Crippen molar-refractivity contribution < 1.29 is 9.53 Å². The number of anilines is 1. The van der Waals surface area contributed by atoms with Crippen LogP contribution in [-0.4, -0.2) is 18.6 Å². The third-order valence-electron chi connectivity index (χ3n) is 4.08. The number of hydrogen-bond donors (Lipinski definition) is 2. The van der Waals surface area contributed by atoms with Gasteiger partial charge in [0.1, 0.15) is 5.75 Å². The second-order valence-electron chi connectivity index (χ2n) is 6.05. The molecule has 1 amide bonds. The summed E-state index contributed by atoms with van der Waals surface area (Å²) in [5.74, 6) is 0.929. The highest BCUT2D eigenvalue weighted by molar-refractivity contribution is 5.90. The molecule has 130 valence electrons. The van der Waals surface area contributed by atoms with Crippen molar-refractivity contribution in [2.75, 3.05) is 11.9 Å². The molecule has 5 heteroatoms. The predicted octanol–water partition coefficient (Wildman–Crippen LogP) is 4.28. The monoisotopic (exact) mass is 340 g/mol. The molecule has 0 heterocycles. The molecular weight excluding hydrogens is 312 g/mol. The number of carbonyl (C=O) groups excluding carboxylic acids is 1. The molecule has 2 rings (SSSR count). The Balaban J connectivity index is 0.00000264. The fourth-order valence-corrected chi connectivity index (χ4v) is 2.85. The number of unbranched alkanes of at least 4 members (excludes halogenated alkanes) is 3. The van der Waals surface area contributed by atoms with Crippen molar-refractivity contribution in [3.05, 3.63) is 24.3 Å². The van der Waals surface area contributed by atoms with E-state index in [1.807, 2.05) is 24.3 Å². The molecule has 0 radical (unpaired) electrons. The molecule has 0 aromatic heterocycles. The van der Waals surface area contributed by atoms with Gasteiger partial charge in [0.2, 0.25) is 5.91 Å². The van der Waals surface area contributed by atoms with E-state index in [0.717, 1.165) is 56.5 Å². The van der Waals surface area contributed by atoms with Gasteiger partial charge in [-0.15, -0.1) is 12.4 Å². The van der Waals surface area contributed by atoms with Crippen molar-refractivity contribution in [3.63, 3.8) is 0 Å². The largest absolute Gasteiger partial charge is 0.490 e. The van der Waals surface area contributed by atoms with Gasteiger partial charge in [-0.2, -0.15) is 0 Å². The van der Waals surface area contributed by atoms with Crippen molar-refractivity contribution in [2.24, 2.45) is 5.73 Å². The number of nitrogens with two attached hydrogens (primary N) is 1. The normalized spacial score (nSPS) is 14.3. The van der Waals surface area contributed by atoms with Crippen LogP contribution in [0.15, 0.2) is 24.3 Å². The molecule has 0 atom stereocenters. The van der Waals surface area contributed by atoms with E-state index in [1.54, 1.807) is 0 Å². The van der Waals surface area contributed by atoms with Gasteiger partial charge in [0.25, 0.3) is 0 Å². The van der Waals surface area contributed by atoms with Gasteiger partial charge in [-0.05, 0) is 57.2 Å². The summed E-state index contributed by atoms with van der Waals surface area (Å²) in [5, 5.41) is 2.95. The fourth-order valence-electron chi connectivity index (χ4n) is 2.85. The van der Waals surface area contributed by atoms with Gasteiger partial charge in [-0.1, -0.05) is 18.9 Å². The van der Waals surface area contributed by atoms with Crippen LogP contribution in [0.1, 0.15) is 57.8 Å². The van der Waals surface area contributed by atoms with E-state index in [1.165, 1.54) is 12.8 Å². The van der Waals surface area contributed by atoms with Crippen LogP contribution < -0.4 is 15.8 Å². The first-order valence-electron chi connectivity index (χ1n) is 8.54. The molecule has 0 spiro atoms. The van der Waals surface area contributed by atoms with E-state index in [2.05, 4.69) is 5.32 Å². The summed E-state index contributed by atoms with van der Waals surface area (Å²) >= 11 is 0. The molecule has 1 aliphatic carbocycles. The third kappa shape index (κ3) is 7.71. The molecule has 1 aromatic carbocycles. The highest BCUT2D eigenvalue weighted by atomic mass is 35.5. The molecule has 1 aliphatic rings. The minimum absolute atomic E-state index is 0. The zero-order valence-electron chi connectivity index (χ0n) is 13.8. The Hall–Kier alpha value is -1.26. The summed E-state index contributed by atoms with van der Waals surface area (Å²) in [6, 6.07) is 7.72. The summed E-state index contributed by atoms with van der Waals surface area (Å²) in [7, 11) is 0. The minimum Gasteiger partial charge on any atom is -0.490 e. The standard InChI is InChI=1S/C18H28N2O2.ClH/c19-13-6-2-1-3-12-18(21)20-15-8-7-11-17(14-15)22-16-9-4-5-10-16;/h7-8,11,14,16H,1-6,9-10,12-13,19H2,(H,20,21);1H. The van der Waals surface area contributed by atoms with Crippen molar-refractivity contribution >= 4 is 24.0 Å². The maximum Gasteiger partial charge on any atom is 0.224 e. The summed E-state index contributed by atoms with van der Waals surface area (Å²) < 4.78 is 5.96. The topological polar surface area (TPSA) is 64.4 Å².